The van der Waals surface area contributed by atoms with Crippen LogP contribution in [0.2, 0.25) is 5.02 Å². The summed E-state index contributed by atoms with van der Waals surface area (Å²) in [6, 6.07) is 10.7. The minimum atomic E-state index is -1.13. The molecule has 2 aliphatic heterocycles. The molecule has 4 rings (SSSR count). The quantitative estimate of drug-likeness (QED) is 0.794. The number of ether oxygens (including phenoxy) is 1. The number of carbonyl (C=O) groups is 1. The highest BCUT2D eigenvalue weighted by atomic mass is 35.5. The first-order chi connectivity index (χ1) is 14.0. The molecule has 158 valence electrons. The number of fused-ring (bicyclic) bond motifs is 1. The summed E-state index contributed by atoms with van der Waals surface area (Å²) in [4.78, 5) is 18.8. The van der Waals surface area contributed by atoms with E-state index in [1.807, 2.05) is 18.2 Å². The number of guanidine groups is 1. The molecule has 0 radical (unpaired) electrons. The Balaban J connectivity index is 1.72. The maximum Gasteiger partial charge on any atom is 0.237 e. The summed E-state index contributed by atoms with van der Waals surface area (Å²) in [5, 5.41) is 0.635. The Kier molecular flexibility index (Phi) is 4.81. The third-order valence-electron chi connectivity index (χ3n) is 6.63. The molecule has 2 aromatic carbocycles. The number of halogens is 2. The van der Waals surface area contributed by atoms with Gasteiger partial charge in [-0.05, 0) is 51.0 Å². The van der Waals surface area contributed by atoms with Crippen molar-refractivity contribution in [2.75, 3.05) is 13.7 Å². The van der Waals surface area contributed by atoms with Gasteiger partial charge in [-0.1, -0.05) is 29.8 Å². The number of rotatable bonds is 3. The predicted molar refractivity (Wildman–Crippen MR) is 115 cm³/mol. The lowest BCUT2D eigenvalue weighted by Gasteiger charge is -2.46. The Labute approximate surface area is 180 Å². The molecule has 1 amide bonds. The Bertz CT molecular complexity index is 1070. The van der Waals surface area contributed by atoms with Crippen LogP contribution in [0, 0.1) is 11.2 Å². The van der Waals surface area contributed by atoms with Gasteiger partial charge in [0.15, 0.2) is 5.96 Å². The van der Waals surface area contributed by atoms with Crippen LogP contribution in [0.1, 0.15) is 43.4 Å². The van der Waals surface area contributed by atoms with E-state index in [0.29, 0.717) is 23.6 Å². The van der Waals surface area contributed by atoms with Crippen molar-refractivity contribution in [3.05, 3.63) is 63.9 Å². The Morgan fingerprint density at radius 3 is 2.73 bits per heavy atom. The standard InChI is InChI=1S/C23H25ClFN3O2/c1-22(2)20(29)28(4)21(26)27-23(22,3)17-10-13(5-8-18(17)25)9-14-12-30-19-11-15(24)6-7-16(14)19/h5-8,10-11,14H,9,12H2,1-4H3,(H2,26,27)/t14?,23-/m1/s1. The first kappa shape index (κ1) is 20.7. The van der Waals surface area contributed by atoms with Gasteiger partial charge in [-0.15, -0.1) is 0 Å². The minimum absolute atomic E-state index is 0.0848. The number of hydrogen-bond donors (Lipinski definition) is 1. The summed E-state index contributed by atoms with van der Waals surface area (Å²) in [5.41, 5.74) is 6.30. The highest BCUT2D eigenvalue weighted by Gasteiger charge is 2.53. The summed E-state index contributed by atoms with van der Waals surface area (Å²) in [5.74, 6) is 0.419. The van der Waals surface area contributed by atoms with Crippen LogP contribution in [0.4, 0.5) is 4.39 Å². The lowest BCUT2D eigenvalue weighted by atomic mass is 9.67. The van der Waals surface area contributed by atoms with Crippen molar-refractivity contribution in [1.82, 2.24) is 4.90 Å². The number of nitrogens with zero attached hydrogens (tertiary/aromatic N) is 2. The van der Waals surface area contributed by atoms with Crippen molar-refractivity contribution >= 4 is 23.5 Å². The van der Waals surface area contributed by atoms with Crippen LogP contribution in [-0.4, -0.2) is 30.4 Å². The summed E-state index contributed by atoms with van der Waals surface area (Å²) in [7, 11) is 1.58. The second-order valence-electron chi connectivity index (χ2n) is 8.74. The van der Waals surface area contributed by atoms with Gasteiger partial charge in [0, 0.05) is 29.1 Å². The first-order valence-electron chi connectivity index (χ1n) is 9.89. The third-order valence-corrected chi connectivity index (χ3v) is 6.87. The summed E-state index contributed by atoms with van der Waals surface area (Å²) >= 11 is 6.06. The van der Waals surface area contributed by atoms with Gasteiger partial charge < -0.3 is 10.5 Å². The highest BCUT2D eigenvalue weighted by molar-refractivity contribution is 6.30. The van der Waals surface area contributed by atoms with Gasteiger partial charge in [0.2, 0.25) is 5.91 Å². The van der Waals surface area contributed by atoms with Crippen LogP contribution in [0.15, 0.2) is 41.4 Å². The Hall–Kier alpha value is -2.60. The molecule has 0 aliphatic carbocycles. The molecular formula is C23H25ClFN3O2. The van der Waals surface area contributed by atoms with Crippen molar-refractivity contribution < 1.29 is 13.9 Å². The largest absolute Gasteiger partial charge is 0.493 e. The topological polar surface area (TPSA) is 67.9 Å². The summed E-state index contributed by atoms with van der Waals surface area (Å²) in [6.07, 6.45) is 0.672. The Morgan fingerprint density at radius 1 is 1.27 bits per heavy atom. The van der Waals surface area contributed by atoms with E-state index in [1.165, 1.54) is 11.0 Å². The van der Waals surface area contributed by atoms with Crippen LogP contribution in [0.5, 0.6) is 5.75 Å². The molecule has 2 N–H and O–H groups in total. The van der Waals surface area contributed by atoms with E-state index in [9.17, 15) is 4.79 Å². The molecule has 2 atom stereocenters. The molecule has 2 aliphatic rings. The maximum atomic E-state index is 15.0. The van der Waals surface area contributed by atoms with Gasteiger partial charge in [-0.3, -0.25) is 9.69 Å². The molecule has 5 nitrogen and oxygen atoms in total. The molecule has 0 aromatic heterocycles. The molecule has 2 aromatic rings. The third kappa shape index (κ3) is 3.05. The molecule has 0 saturated heterocycles. The van der Waals surface area contributed by atoms with Gasteiger partial charge in [0.25, 0.3) is 0 Å². The number of hydrogen-bond acceptors (Lipinski definition) is 4. The molecule has 7 heteroatoms. The van der Waals surface area contributed by atoms with E-state index in [0.717, 1.165) is 16.9 Å². The monoisotopic (exact) mass is 429 g/mol. The van der Waals surface area contributed by atoms with Crippen molar-refractivity contribution in [2.45, 2.75) is 38.6 Å². The van der Waals surface area contributed by atoms with Gasteiger partial charge >= 0.3 is 0 Å². The lowest BCUT2D eigenvalue weighted by Crippen LogP contribution is -2.58. The molecule has 0 saturated carbocycles. The number of benzene rings is 2. The van der Waals surface area contributed by atoms with Crippen LogP contribution >= 0.6 is 11.6 Å². The van der Waals surface area contributed by atoms with E-state index in [4.69, 9.17) is 22.1 Å². The van der Waals surface area contributed by atoms with E-state index in [2.05, 4.69) is 4.99 Å². The average molecular weight is 430 g/mol. The van der Waals surface area contributed by atoms with Crippen LogP contribution in [-0.2, 0) is 16.8 Å². The molecular weight excluding hydrogens is 405 g/mol. The van der Waals surface area contributed by atoms with Crippen LogP contribution in [0.3, 0.4) is 0 Å². The van der Waals surface area contributed by atoms with Crippen molar-refractivity contribution in [1.29, 1.82) is 0 Å². The van der Waals surface area contributed by atoms with Crippen molar-refractivity contribution in [3.8, 4) is 5.75 Å². The second kappa shape index (κ2) is 6.98. The van der Waals surface area contributed by atoms with Crippen molar-refractivity contribution in [2.24, 2.45) is 16.1 Å². The zero-order chi connectivity index (χ0) is 21.8. The maximum absolute atomic E-state index is 15.0. The van der Waals surface area contributed by atoms with Crippen LogP contribution < -0.4 is 10.5 Å². The molecule has 1 unspecified atom stereocenters. The molecule has 2 heterocycles. The molecule has 0 spiro atoms. The smallest absolute Gasteiger partial charge is 0.237 e. The first-order valence-corrected chi connectivity index (χ1v) is 10.3. The van der Waals surface area contributed by atoms with Gasteiger partial charge in [-0.2, -0.15) is 0 Å². The van der Waals surface area contributed by atoms with Gasteiger partial charge in [-0.25, -0.2) is 9.38 Å². The SMILES string of the molecule is CN1C(=O)C(C)(C)[C@@](C)(c2cc(CC3COc4cc(Cl)ccc43)ccc2F)N=C1N. The molecule has 0 fully saturated rings. The Morgan fingerprint density at radius 2 is 2.00 bits per heavy atom. The zero-order valence-corrected chi connectivity index (χ0v) is 18.3. The molecule has 0 bridgehead atoms. The fraction of sp³-hybridized carbons (Fsp3) is 0.391. The van der Waals surface area contributed by atoms with E-state index >= 15 is 4.39 Å². The number of amides is 1. The average Bonchev–Trinajstić information content (AvgIpc) is 3.08. The minimum Gasteiger partial charge on any atom is -0.493 e. The van der Waals surface area contributed by atoms with Crippen molar-refractivity contribution in [3.63, 3.8) is 0 Å². The van der Waals surface area contributed by atoms with E-state index < -0.39 is 16.8 Å². The van der Waals surface area contributed by atoms with E-state index in [-0.39, 0.29) is 17.8 Å². The fourth-order valence-electron chi connectivity index (χ4n) is 4.35. The zero-order valence-electron chi connectivity index (χ0n) is 17.5. The fourth-order valence-corrected chi connectivity index (χ4v) is 4.51. The van der Waals surface area contributed by atoms with E-state index in [1.54, 1.807) is 40.0 Å². The summed E-state index contributed by atoms with van der Waals surface area (Å²) < 4.78 is 20.8. The van der Waals surface area contributed by atoms with Gasteiger partial charge in [0.1, 0.15) is 17.1 Å². The number of nitrogens with two attached hydrogens (primary N) is 1. The number of aliphatic imine (C=N–C) groups is 1. The highest BCUT2D eigenvalue weighted by Crippen LogP contribution is 2.47. The molecule has 30 heavy (non-hydrogen) atoms. The number of carbonyl (C=O) groups excluding carboxylic acids is 1. The lowest BCUT2D eigenvalue weighted by molar-refractivity contribution is -0.140. The van der Waals surface area contributed by atoms with Crippen LogP contribution in [0.25, 0.3) is 0 Å². The summed E-state index contributed by atoms with van der Waals surface area (Å²) in [6.45, 7) is 5.86. The van der Waals surface area contributed by atoms with Gasteiger partial charge in [0.05, 0.1) is 12.0 Å². The predicted octanol–water partition coefficient (Wildman–Crippen LogP) is 4.23. The second-order valence-corrected chi connectivity index (χ2v) is 9.18. The normalized spacial score (nSPS) is 25.0.